The minimum absolute atomic E-state index is 0.00279. The average Bonchev–Trinajstić information content (AvgIpc) is 3.50. The molecule has 1 aliphatic rings. The highest BCUT2D eigenvalue weighted by atomic mass is 35.5. The smallest absolute Gasteiger partial charge is 0.264 e. The number of amides is 2. The molecular formula is C32H37ClFN3O5S. The molecule has 0 aliphatic heterocycles. The molecule has 1 atom stereocenters. The molecule has 3 aromatic rings. The lowest BCUT2D eigenvalue weighted by molar-refractivity contribution is -0.140. The molecule has 43 heavy (non-hydrogen) atoms. The third-order valence-corrected chi connectivity index (χ3v) is 9.66. The first-order valence-electron chi connectivity index (χ1n) is 14.5. The molecule has 8 nitrogen and oxygen atoms in total. The van der Waals surface area contributed by atoms with E-state index in [9.17, 15) is 22.4 Å². The van der Waals surface area contributed by atoms with Gasteiger partial charge in [-0.15, -0.1) is 0 Å². The van der Waals surface area contributed by atoms with E-state index < -0.39 is 34.3 Å². The Labute approximate surface area is 257 Å². The maximum Gasteiger partial charge on any atom is 0.264 e. The quantitative estimate of drug-likeness (QED) is 0.253. The molecular weight excluding hydrogens is 593 g/mol. The maximum absolute atomic E-state index is 14.2. The van der Waals surface area contributed by atoms with Gasteiger partial charge < -0.3 is 15.0 Å². The zero-order valence-corrected chi connectivity index (χ0v) is 25.9. The third-order valence-electron chi connectivity index (χ3n) is 7.50. The molecule has 1 saturated carbocycles. The van der Waals surface area contributed by atoms with Crippen LogP contribution >= 0.6 is 11.6 Å². The minimum atomic E-state index is -4.33. The van der Waals surface area contributed by atoms with Gasteiger partial charge in [-0.3, -0.25) is 13.9 Å². The summed E-state index contributed by atoms with van der Waals surface area (Å²) in [6.07, 6.45) is 4.12. The molecule has 11 heteroatoms. The summed E-state index contributed by atoms with van der Waals surface area (Å²) in [4.78, 5) is 29.0. The van der Waals surface area contributed by atoms with E-state index in [4.69, 9.17) is 16.3 Å². The zero-order valence-electron chi connectivity index (χ0n) is 24.3. The molecule has 2 amide bonds. The van der Waals surface area contributed by atoms with Crippen LogP contribution in [0, 0.1) is 5.82 Å². The van der Waals surface area contributed by atoms with E-state index in [-0.39, 0.29) is 29.1 Å². The fraction of sp³-hybridized carbons (Fsp3) is 0.375. The van der Waals surface area contributed by atoms with Gasteiger partial charge >= 0.3 is 0 Å². The van der Waals surface area contributed by atoms with Gasteiger partial charge in [0, 0.05) is 17.6 Å². The van der Waals surface area contributed by atoms with Crippen LogP contribution in [0.5, 0.6) is 5.75 Å². The fourth-order valence-corrected chi connectivity index (χ4v) is 6.84. The number of nitrogens with zero attached hydrogens (tertiary/aromatic N) is 2. The van der Waals surface area contributed by atoms with Gasteiger partial charge in [0.25, 0.3) is 10.0 Å². The standard InChI is InChI=1S/C32H37ClFN3O5S/c1-3-30(32(39)35-25-10-6-7-11-25)36(21-23-9-5-8-12-29(23)33)31(38)22-37(26-15-17-27(18-16-26)42-4-2)43(40,41)28-19-13-24(34)14-20-28/h5,8-9,12-20,25,30H,3-4,6-7,10-11,21-22H2,1-2H3,(H,35,39). The highest BCUT2D eigenvalue weighted by Gasteiger charge is 2.35. The Morgan fingerprint density at radius 3 is 2.26 bits per heavy atom. The van der Waals surface area contributed by atoms with Gasteiger partial charge in [-0.1, -0.05) is 49.6 Å². The minimum Gasteiger partial charge on any atom is -0.494 e. The summed E-state index contributed by atoms with van der Waals surface area (Å²) < 4.78 is 48.0. The second-order valence-electron chi connectivity index (χ2n) is 10.4. The van der Waals surface area contributed by atoms with E-state index in [0.29, 0.717) is 29.4 Å². The Bertz CT molecular complexity index is 1500. The number of hydrogen-bond donors (Lipinski definition) is 1. The lowest BCUT2D eigenvalue weighted by Crippen LogP contribution is -2.53. The second kappa shape index (κ2) is 14.7. The van der Waals surface area contributed by atoms with E-state index in [1.54, 1.807) is 48.5 Å². The lowest BCUT2D eigenvalue weighted by Gasteiger charge is -2.34. The number of benzene rings is 3. The summed E-state index contributed by atoms with van der Waals surface area (Å²) in [6.45, 7) is 3.46. The van der Waals surface area contributed by atoms with Crippen LogP contribution in [0.2, 0.25) is 5.02 Å². The molecule has 0 bridgehead atoms. The Morgan fingerprint density at radius 1 is 1.00 bits per heavy atom. The second-order valence-corrected chi connectivity index (χ2v) is 12.7. The van der Waals surface area contributed by atoms with E-state index in [1.807, 2.05) is 13.8 Å². The number of nitrogens with one attached hydrogen (secondary N) is 1. The normalized spacial score (nSPS) is 14.2. The average molecular weight is 630 g/mol. The molecule has 3 aromatic carbocycles. The molecule has 1 unspecified atom stereocenters. The summed E-state index contributed by atoms with van der Waals surface area (Å²) in [5.41, 5.74) is 0.834. The zero-order chi connectivity index (χ0) is 31.0. The van der Waals surface area contributed by atoms with Crippen LogP contribution in [-0.4, -0.2) is 50.4 Å². The van der Waals surface area contributed by atoms with E-state index >= 15 is 0 Å². The van der Waals surface area contributed by atoms with Gasteiger partial charge in [-0.25, -0.2) is 12.8 Å². The van der Waals surface area contributed by atoms with Crippen LogP contribution in [0.25, 0.3) is 0 Å². The first-order chi connectivity index (χ1) is 20.6. The Balaban J connectivity index is 1.72. The first-order valence-corrected chi connectivity index (χ1v) is 16.3. The van der Waals surface area contributed by atoms with Crippen molar-refractivity contribution in [3.8, 4) is 5.75 Å². The van der Waals surface area contributed by atoms with Crippen molar-refractivity contribution in [3.63, 3.8) is 0 Å². The molecule has 0 radical (unpaired) electrons. The summed E-state index contributed by atoms with van der Waals surface area (Å²) in [6, 6.07) is 16.9. The van der Waals surface area contributed by atoms with E-state index in [2.05, 4.69) is 5.32 Å². The lowest BCUT2D eigenvalue weighted by atomic mass is 10.1. The van der Waals surface area contributed by atoms with E-state index in [1.165, 1.54) is 4.90 Å². The predicted octanol–water partition coefficient (Wildman–Crippen LogP) is 5.94. The number of carbonyl (C=O) groups excluding carboxylic acids is 2. The monoisotopic (exact) mass is 629 g/mol. The van der Waals surface area contributed by atoms with Crippen molar-refractivity contribution < 1.29 is 27.1 Å². The van der Waals surface area contributed by atoms with Crippen LogP contribution in [0.3, 0.4) is 0 Å². The maximum atomic E-state index is 14.2. The van der Waals surface area contributed by atoms with Gasteiger partial charge in [-0.05, 0) is 86.3 Å². The number of hydrogen-bond acceptors (Lipinski definition) is 5. The summed E-state index contributed by atoms with van der Waals surface area (Å²) in [5.74, 6) is -0.934. The first kappa shape index (κ1) is 32.3. The molecule has 0 saturated heterocycles. The molecule has 0 aromatic heterocycles. The summed E-state index contributed by atoms with van der Waals surface area (Å²) in [5, 5.41) is 3.51. The van der Waals surface area contributed by atoms with Crippen molar-refractivity contribution in [1.82, 2.24) is 10.2 Å². The predicted molar refractivity (Wildman–Crippen MR) is 165 cm³/mol. The Kier molecular flexibility index (Phi) is 11.0. The highest BCUT2D eigenvalue weighted by molar-refractivity contribution is 7.92. The number of anilines is 1. The number of sulfonamides is 1. The van der Waals surface area contributed by atoms with Gasteiger partial charge in [0.1, 0.15) is 24.2 Å². The number of ether oxygens (including phenoxy) is 1. The summed E-state index contributed by atoms with van der Waals surface area (Å²) in [7, 11) is -4.33. The molecule has 4 rings (SSSR count). The number of rotatable bonds is 13. The van der Waals surface area contributed by atoms with Crippen molar-refractivity contribution in [3.05, 3.63) is 89.2 Å². The van der Waals surface area contributed by atoms with Crippen molar-refractivity contribution in [2.45, 2.75) is 69.5 Å². The van der Waals surface area contributed by atoms with E-state index in [0.717, 1.165) is 54.3 Å². The van der Waals surface area contributed by atoms with Crippen LogP contribution in [0.15, 0.2) is 77.7 Å². The van der Waals surface area contributed by atoms with Crippen LogP contribution in [0.4, 0.5) is 10.1 Å². The Hall–Kier alpha value is -3.63. The molecule has 0 heterocycles. The van der Waals surface area contributed by atoms with Crippen molar-refractivity contribution in [1.29, 1.82) is 0 Å². The molecule has 230 valence electrons. The van der Waals surface area contributed by atoms with Crippen LogP contribution in [0.1, 0.15) is 51.5 Å². The summed E-state index contributed by atoms with van der Waals surface area (Å²) >= 11 is 6.46. The topological polar surface area (TPSA) is 96.0 Å². The van der Waals surface area contributed by atoms with Gasteiger partial charge in [0.15, 0.2) is 0 Å². The Morgan fingerprint density at radius 2 is 1.65 bits per heavy atom. The van der Waals surface area contributed by atoms with Crippen molar-refractivity contribution in [2.24, 2.45) is 0 Å². The van der Waals surface area contributed by atoms with Gasteiger partial charge in [0.05, 0.1) is 17.2 Å². The van der Waals surface area contributed by atoms with Gasteiger partial charge in [0.2, 0.25) is 11.8 Å². The van der Waals surface area contributed by atoms with Crippen molar-refractivity contribution in [2.75, 3.05) is 17.5 Å². The number of halogens is 2. The van der Waals surface area contributed by atoms with Gasteiger partial charge in [-0.2, -0.15) is 0 Å². The molecule has 0 spiro atoms. The molecule has 1 N–H and O–H groups in total. The van der Waals surface area contributed by atoms with Crippen LogP contribution < -0.4 is 14.4 Å². The highest BCUT2D eigenvalue weighted by Crippen LogP contribution is 2.28. The number of carbonyl (C=O) groups is 2. The third kappa shape index (κ3) is 8.06. The fourth-order valence-electron chi connectivity index (χ4n) is 5.23. The largest absolute Gasteiger partial charge is 0.494 e. The molecule has 1 aliphatic carbocycles. The van der Waals surface area contributed by atoms with Crippen LogP contribution in [-0.2, 0) is 26.2 Å². The SMILES string of the molecule is CCOc1ccc(N(CC(=O)N(Cc2ccccc2Cl)C(CC)C(=O)NC2CCCC2)S(=O)(=O)c2ccc(F)cc2)cc1. The van der Waals surface area contributed by atoms with Crippen molar-refractivity contribution >= 4 is 39.1 Å². The molecule has 1 fully saturated rings.